The summed E-state index contributed by atoms with van der Waals surface area (Å²) in [5.41, 5.74) is -1.03. The Balaban J connectivity index is 2.69. The minimum Gasteiger partial charge on any atom is -0.349 e. The maximum atomic E-state index is 12.2. The third kappa shape index (κ3) is 3.73. The molecule has 0 saturated heterocycles. The molecule has 1 unspecified atom stereocenters. The molecule has 1 amide bonds. The Morgan fingerprint density at radius 2 is 2.22 bits per heavy atom. The van der Waals surface area contributed by atoms with E-state index in [9.17, 15) is 18.0 Å². The second-order valence-electron chi connectivity index (χ2n) is 3.67. The molecule has 0 fully saturated rings. The van der Waals surface area contributed by atoms with Gasteiger partial charge in [0.1, 0.15) is 5.69 Å². The van der Waals surface area contributed by atoms with Gasteiger partial charge >= 0.3 is 6.18 Å². The van der Waals surface area contributed by atoms with Crippen LogP contribution in [0.3, 0.4) is 0 Å². The van der Waals surface area contributed by atoms with Crippen molar-refractivity contribution in [1.82, 2.24) is 10.3 Å². The van der Waals surface area contributed by atoms with E-state index in [0.29, 0.717) is 6.20 Å². The van der Waals surface area contributed by atoms with Crippen molar-refractivity contribution >= 4 is 5.91 Å². The molecule has 1 aromatic rings. The minimum atomic E-state index is -4.47. The van der Waals surface area contributed by atoms with E-state index in [1.54, 1.807) is 6.92 Å². The van der Waals surface area contributed by atoms with Crippen LogP contribution in [0.2, 0.25) is 0 Å². The molecule has 0 saturated carbocycles. The van der Waals surface area contributed by atoms with Crippen molar-refractivity contribution in [2.75, 3.05) is 6.54 Å². The summed E-state index contributed by atoms with van der Waals surface area (Å²) in [6.07, 6.45) is -3.88. The first-order valence-electron chi connectivity index (χ1n) is 5.05. The van der Waals surface area contributed by atoms with Crippen molar-refractivity contribution in [3.8, 4) is 6.07 Å². The number of pyridine rings is 1. The molecular formula is C11H10F3N3O. The lowest BCUT2D eigenvalue weighted by Crippen LogP contribution is -2.28. The molecular weight excluding hydrogens is 247 g/mol. The summed E-state index contributed by atoms with van der Waals surface area (Å²) in [4.78, 5) is 14.9. The molecule has 0 radical (unpaired) electrons. The Morgan fingerprint density at radius 3 is 2.67 bits per heavy atom. The second kappa shape index (κ2) is 5.49. The standard InChI is InChI=1S/C11H10F3N3O/c1-7(4-15)5-17-10(18)9-3-2-8(6-16-9)11(12,13)14/h2-3,6-7H,5H2,1H3,(H,17,18). The summed E-state index contributed by atoms with van der Waals surface area (Å²) in [5.74, 6) is -0.978. The predicted molar refractivity (Wildman–Crippen MR) is 56.3 cm³/mol. The highest BCUT2D eigenvalue weighted by molar-refractivity contribution is 5.92. The lowest BCUT2D eigenvalue weighted by molar-refractivity contribution is -0.137. The van der Waals surface area contributed by atoms with Gasteiger partial charge in [0, 0.05) is 12.7 Å². The fourth-order valence-corrected chi connectivity index (χ4v) is 1.08. The summed E-state index contributed by atoms with van der Waals surface area (Å²) in [6.45, 7) is 1.73. The molecule has 18 heavy (non-hydrogen) atoms. The van der Waals surface area contributed by atoms with E-state index >= 15 is 0 Å². The number of alkyl halides is 3. The van der Waals surface area contributed by atoms with Crippen LogP contribution in [-0.2, 0) is 6.18 Å². The topological polar surface area (TPSA) is 65.8 Å². The van der Waals surface area contributed by atoms with Crippen molar-refractivity contribution in [2.24, 2.45) is 5.92 Å². The van der Waals surface area contributed by atoms with Crippen LogP contribution >= 0.6 is 0 Å². The number of carbonyl (C=O) groups is 1. The number of nitrogens with zero attached hydrogens (tertiary/aromatic N) is 2. The fraction of sp³-hybridized carbons (Fsp3) is 0.364. The quantitative estimate of drug-likeness (QED) is 0.900. The number of aromatic nitrogens is 1. The predicted octanol–water partition coefficient (Wildman–Crippen LogP) is 1.99. The molecule has 0 spiro atoms. The van der Waals surface area contributed by atoms with Crippen molar-refractivity contribution < 1.29 is 18.0 Å². The molecule has 1 N–H and O–H groups in total. The molecule has 1 atom stereocenters. The first-order chi connectivity index (χ1) is 8.34. The Hall–Kier alpha value is -2.10. The summed E-state index contributed by atoms with van der Waals surface area (Å²) in [7, 11) is 0. The molecule has 0 aliphatic heterocycles. The van der Waals surface area contributed by atoms with Crippen molar-refractivity contribution in [2.45, 2.75) is 13.1 Å². The van der Waals surface area contributed by atoms with Crippen LogP contribution in [0.5, 0.6) is 0 Å². The van der Waals surface area contributed by atoms with Gasteiger partial charge in [-0.3, -0.25) is 9.78 Å². The SMILES string of the molecule is CC(C#N)CNC(=O)c1ccc(C(F)(F)F)cn1. The molecule has 0 aliphatic carbocycles. The number of carbonyl (C=O) groups excluding carboxylic acids is 1. The first-order valence-corrected chi connectivity index (χ1v) is 5.05. The number of nitrogens with one attached hydrogen (secondary N) is 1. The molecule has 1 heterocycles. The van der Waals surface area contributed by atoms with E-state index in [-0.39, 0.29) is 18.2 Å². The van der Waals surface area contributed by atoms with Gasteiger partial charge in [-0.25, -0.2) is 0 Å². The highest BCUT2D eigenvalue weighted by Gasteiger charge is 2.30. The molecule has 0 aromatic carbocycles. The summed E-state index contributed by atoms with van der Waals surface area (Å²) >= 11 is 0. The average Bonchev–Trinajstić information content (AvgIpc) is 2.34. The third-order valence-corrected chi connectivity index (χ3v) is 2.11. The largest absolute Gasteiger partial charge is 0.417 e. The van der Waals surface area contributed by atoms with Gasteiger partial charge in [0.25, 0.3) is 5.91 Å². The van der Waals surface area contributed by atoms with E-state index in [4.69, 9.17) is 5.26 Å². The Kier molecular flexibility index (Phi) is 4.26. The number of amides is 1. The van der Waals surface area contributed by atoms with E-state index in [1.807, 2.05) is 6.07 Å². The number of hydrogen-bond donors (Lipinski definition) is 1. The van der Waals surface area contributed by atoms with Gasteiger partial charge in [-0.1, -0.05) is 0 Å². The Labute approximate surface area is 101 Å². The molecule has 1 aromatic heterocycles. The minimum absolute atomic E-state index is 0.117. The van der Waals surface area contributed by atoms with Gasteiger partial charge in [0.15, 0.2) is 0 Å². The smallest absolute Gasteiger partial charge is 0.349 e. The van der Waals surface area contributed by atoms with Gasteiger partial charge in [0.2, 0.25) is 0 Å². The van der Waals surface area contributed by atoms with Crippen molar-refractivity contribution in [3.05, 3.63) is 29.6 Å². The van der Waals surface area contributed by atoms with Crippen LogP contribution in [-0.4, -0.2) is 17.4 Å². The third-order valence-electron chi connectivity index (χ3n) is 2.11. The van der Waals surface area contributed by atoms with E-state index in [2.05, 4.69) is 10.3 Å². The van der Waals surface area contributed by atoms with Gasteiger partial charge in [-0.2, -0.15) is 18.4 Å². The molecule has 0 aliphatic rings. The monoisotopic (exact) mass is 257 g/mol. The van der Waals surface area contributed by atoms with Crippen LogP contribution in [0, 0.1) is 17.2 Å². The van der Waals surface area contributed by atoms with Gasteiger partial charge in [-0.05, 0) is 19.1 Å². The first kappa shape index (κ1) is 14.0. The zero-order chi connectivity index (χ0) is 13.8. The summed E-state index contributed by atoms with van der Waals surface area (Å²) < 4.78 is 36.7. The lowest BCUT2D eigenvalue weighted by Gasteiger charge is -2.08. The normalized spacial score (nSPS) is 12.6. The number of hydrogen-bond acceptors (Lipinski definition) is 3. The molecule has 4 nitrogen and oxygen atoms in total. The maximum Gasteiger partial charge on any atom is 0.417 e. The van der Waals surface area contributed by atoms with Gasteiger partial charge < -0.3 is 5.32 Å². The fourth-order valence-electron chi connectivity index (χ4n) is 1.08. The highest BCUT2D eigenvalue weighted by atomic mass is 19.4. The van der Waals surface area contributed by atoms with E-state index < -0.39 is 17.6 Å². The lowest BCUT2D eigenvalue weighted by atomic mass is 10.2. The molecule has 7 heteroatoms. The molecule has 1 rings (SSSR count). The highest BCUT2D eigenvalue weighted by Crippen LogP contribution is 2.28. The van der Waals surface area contributed by atoms with Crippen molar-refractivity contribution in [3.63, 3.8) is 0 Å². The number of rotatable bonds is 3. The van der Waals surface area contributed by atoms with Crippen LogP contribution < -0.4 is 5.32 Å². The Morgan fingerprint density at radius 1 is 1.56 bits per heavy atom. The van der Waals surface area contributed by atoms with Crippen molar-refractivity contribution in [1.29, 1.82) is 5.26 Å². The van der Waals surface area contributed by atoms with E-state index in [1.165, 1.54) is 0 Å². The second-order valence-corrected chi connectivity index (χ2v) is 3.67. The number of halogens is 3. The van der Waals surface area contributed by atoms with E-state index in [0.717, 1.165) is 12.1 Å². The van der Waals surface area contributed by atoms with Crippen LogP contribution in [0.4, 0.5) is 13.2 Å². The van der Waals surface area contributed by atoms with Gasteiger partial charge in [-0.15, -0.1) is 0 Å². The summed E-state index contributed by atoms with van der Waals surface area (Å²) in [6, 6.07) is 3.70. The van der Waals surface area contributed by atoms with Crippen LogP contribution in [0.15, 0.2) is 18.3 Å². The summed E-state index contributed by atoms with van der Waals surface area (Å²) in [5, 5.41) is 10.9. The average molecular weight is 257 g/mol. The van der Waals surface area contributed by atoms with Crippen LogP contribution in [0.1, 0.15) is 23.0 Å². The molecule has 0 bridgehead atoms. The zero-order valence-electron chi connectivity index (χ0n) is 9.45. The Bertz CT molecular complexity index is 462. The molecule has 96 valence electrons. The maximum absolute atomic E-state index is 12.2. The zero-order valence-corrected chi connectivity index (χ0v) is 9.45. The number of nitriles is 1. The van der Waals surface area contributed by atoms with Crippen LogP contribution in [0.25, 0.3) is 0 Å². The van der Waals surface area contributed by atoms with Gasteiger partial charge in [0.05, 0.1) is 17.6 Å².